The minimum Gasteiger partial charge on any atom is -0.360 e. The van der Waals surface area contributed by atoms with Gasteiger partial charge in [-0.2, -0.15) is 0 Å². The molecule has 0 fully saturated rings. The van der Waals surface area contributed by atoms with Gasteiger partial charge >= 0.3 is 0 Å². The van der Waals surface area contributed by atoms with Crippen molar-refractivity contribution in [2.75, 3.05) is 0 Å². The number of aromatic nitrogens is 2. The van der Waals surface area contributed by atoms with Crippen LogP contribution in [-0.2, 0) is 12.8 Å². The first-order valence-electron chi connectivity index (χ1n) is 11.7. The van der Waals surface area contributed by atoms with Gasteiger partial charge in [-0.25, -0.2) is 0 Å². The molecule has 2 N–H and O–H groups in total. The Morgan fingerprint density at radius 3 is 1.42 bits per heavy atom. The standard InChI is InChI=1S/C30H30N2S/c1-21(23-9-5-3-6-10-23)19-25-15-17-31-29(25)27-13-14-28(33-27)30-26(16-18-32-30)20-22(2)24-11-7-4-8-12-24/h3-18,21-22,31-32H,19-20H2,1-2H3. The number of aromatic amines is 2. The summed E-state index contributed by atoms with van der Waals surface area (Å²) >= 11 is 1.86. The summed E-state index contributed by atoms with van der Waals surface area (Å²) in [5.74, 6) is 0.962. The molecule has 33 heavy (non-hydrogen) atoms. The summed E-state index contributed by atoms with van der Waals surface area (Å²) < 4.78 is 0. The van der Waals surface area contributed by atoms with Crippen LogP contribution in [0, 0.1) is 0 Å². The normalized spacial score (nSPS) is 13.2. The van der Waals surface area contributed by atoms with Gasteiger partial charge in [0.25, 0.3) is 0 Å². The van der Waals surface area contributed by atoms with E-state index in [-0.39, 0.29) is 0 Å². The number of benzene rings is 2. The lowest BCUT2D eigenvalue weighted by Crippen LogP contribution is -1.98. The Morgan fingerprint density at radius 2 is 1.00 bits per heavy atom. The van der Waals surface area contributed by atoms with Crippen molar-refractivity contribution in [3.63, 3.8) is 0 Å². The van der Waals surface area contributed by atoms with E-state index in [1.54, 1.807) is 0 Å². The molecule has 0 saturated carbocycles. The van der Waals surface area contributed by atoms with Crippen LogP contribution in [-0.4, -0.2) is 9.97 Å². The van der Waals surface area contributed by atoms with Crippen molar-refractivity contribution < 1.29 is 0 Å². The molecule has 166 valence electrons. The fraction of sp³-hybridized carbons (Fsp3) is 0.200. The third-order valence-corrected chi connectivity index (χ3v) is 7.68. The Labute approximate surface area is 200 Å². The highest BCUT2D eigenvalue weighted by molar-refractivity contribution is 7.18. The summed E-state index contributed by atoms with van der Waals surface area (Å²) in [5.41, 5.74) is 8.04. The third kappa shape index (κ3) is 4.74. The fourth-order valence-electron chi connectivity index (χ4n) is 4.67. The van der Waals surface area contributed by atoms with Gasteiger partial charge < -0.3 is 9.97 Å². The minimum atomic E-state index is 0.481. The quantitative estimate of drug-likeness (QED) is 0.238. The number of thiophene rings is 1. The zero-order valence-electron chi connectivity index (χ0n) is 19.2. The van der Waals surface area contributed by atoms with E-state index in [4.69, 9.17) is 0 Å². The number of hydrogen-bond donors (Lipinski definition) is 2. The van der Waals surface area contributed by atoms with E-state index < -0.39 is 0 Å². The highest BCUT2D eigenvalue weighted by atomic mass is 32.1. The lowest BCUT2D eigenvalue weighted by Gasteiger charge is -2.12. The number of rotatable bonds is 8. The minimum absolute atomic E-state index is 0.481. The van der Waals surface area contributed by atoms with Crippen molar-refractivity contribution >= 4 is 11.3 Å². The molecule has 0 radical (unpaired) electrons. The Morgan fingerprint density at radius 1 is 0.576 bits per heavy atom. The van der Waals surface area contributed by atoms with Gasteiger partial charge in [0.2, 0.25) is 0 Å². The van der Waals surface area contributed by atoms with Gasteiger partial charge in [0.1, 0.15) is 0 Å². The number of H-pyrrole nitrogens is 2. The summed E-state index contributed by atoms with van der Waals surface area (Å²) in [6, 6.07) is 30.6. The maximum Gasteiger partial charge on any atom is 0.0588 e. The summed E-state index contributed by atoms with van der Waals surface area (Å²) in [6.07, 6.45) is 6.20. The molecule has 3 aromatic heterocycles. The SMILES string of the molecule is CC(Cc1cc[nH]c1-c1ccc(-c2[nH]ccc2CC(C)c2ccccc2)s1)c1ccccc1. The van der Waals surface area contributed by atoms with Crippen LogP contribution in [0.5, 0.6) is 0 Å². The van der Waals surface area contributed by atoms with Gasteiger partial charge in [-0.05, 0) is 71.2 Å². The van der Waals surface area contributed by atoms with Gasteiger partial charge in [-0.1, -0.05) is 74.5 Å². The molecule has 2 unspecified atom stereocenters. The first-order valence-corrected chi connectivity index (χ1v) is 12.5. The lowest BCUT2D eigenvalue weighted by molar-refractivity contribution is 0.761. The van der Waals surface area contributed by atoms with Crippen LogP contribution in [0.4, 0.5) is 0 Å². The molecule has 2 nitrogen and oxygen atoms in total. The molecule has 0 saturated heterocycles. The molecule has 5 rings (SSSR count). The molecule has 2 aromatic carbocycles. The van der Waals surface area contributed by atoms with Gasteiger partial charge in [0.15, 0.2) is 0 Å². The van der Waals surface area contributed by atoms with Crippen molar-refractivity contribution in [3.8, 4) is 21.1 Å². The fourth-order valence-corrected chi connectivity index (χ4v) is 5.76. The molecule has 3 heterocycles. The zero-order chi connectivity index (χ0) is 22.6. The Balaban J connectivity index is 1.35. The average molecular weight is 451 g/mol. The molecule has 0 bridgehead atoms. The first-order chi connectivity index (χ1) is 16.2. The maximum absolute atomic E-state index is 3.51. The van der Waals surface area contributed by atoms with Gasteiger partial charge in [0.05, 0.1) is 21.1 Å². The molecule has 0 aliphatic carbocycles. The summed E-state index contributed by atoms with van der Waals surface area (Å²) in [5, 5.41) is 0. The molecule has 3 heteroatoms. The third-order valence-electron chi connectivity index (χ3n) is 6.55. The number of nitrogens with one attached hydrogen (secondary N) is 2. The van der Waals surface area contributed by atoms with Crippen molar-refractivity contribution in [1.82, 2.24) is 9.97 Å². The van der Waals surface area contributed by atoms with E-state index in [2.05, 4.69) is 121 Å². The van der Waals surface area contributed by atoms with Crippen LogP contribution in [0.3, 0.4) is 0 Å². The van der Waals surface area contributed by atoms with Crippen LogP contribution in [0.15, 0.2) is 97.3 Å². The first kappa shape index (κ1) is 21.5. The monoisotopic (exact) mass is 450 g/mol. The van der Waals surface area contributed by atoms with Crippen LogP contribution in [0.25, 0.3) is 21.1 Å². The van der Waals surface area contributed by atoms with Crippen LogP contribution >= 0.6 is 11.3 Å². The predicted octanol–water partition coefficient (Wildman–Crippen LogP) is 8.43. The second kappa shape index (κ2) is 9.68. The van der Waals surface area contributed by atoms with E-state index in [1.165, 1.54) is 43.4 Å². The smallest absolute Gasteiger partial charge is 0.0588 e. The molecule has 0 aliphatic heterocycles. The topological polar surface area (TPSA) is 31.6 Å². The predicted molar refractivity (Wildman–Crippen MR) is 141 cm³/mol. The van der Waals surface area contributed by atoms with Crippen molar-refractivity contribution in [2.45, 2.75) is 38.5 Å². The zero-order valence-corrected chi connectivity index (χ0v) is 20.0. The highest BCUT2D eigenvalue weighted by Gasteiger charge is 2.17. The van der Waals surface area contributed by atoms with Crippen LogP contribution < -0.4 is 0 Å². The Kier molecular flexibility index (Phi) is 6.32. The largest absolute Gasteiger partial charge is 0.360 e. The molecular weight excluding hydrogens is 420 g/mol. The molecule has 2 atom stereocenters. The van der Waals surface area contributed by atoms with E-state index >= 15 is 0 Å². The summed E-state index contributed by atoms with van der Waals surface area (Å²) in [4.78, 5) is 9.60. The van der Waals surface area contributed by atoms with E-state index in [9.17, 15) is 0 Å². The van der Waals surface area contributed by atoms with Crippen molar-refractivity contribution in [3.05, 3.63) is 120 Å². The maximum atomic E-state index is 3.51. The lowest BCUT2D eigenvalue weighted by atomic mass is 9.93. The Hall–Kier alpha value is -3.30. The average Bonchev–Trinajstić information content (AvgIpc) is 3.61. The highest BCUT2D eigenvalue weighted by Crippen LogP contribution is 2.38. The molecule has 0 amide bonds. The van der Waals surface area contributed by atoms with Gasteiger partial charge in [-0.15, -0.1) is 11.3 Å². The Bertz CT molecular complexity index is 1190. The van der Waals surface area contributed by atoms with E-state index in [0.717, 1.165) is 12.8 Å². The molecule has 0 spiro atoms. The van der Waals surface area contributed by atoms with Gasteiger partial charge in [0, 0.05) is 12.4 Å². The number of hydrogen-bond acceptors (Lipinski definition) is 1. The molecular formula is C30H30N2S. The van der Waals surface area contributed by atoms with Crippen LogP contribution in [0.2, 0.25) is 0 Å². The second-order valence-electron chi connectivity index (χ2n) is 8.95. The van der Waals surface area contributed by atoms with Crippen LogP contribution in [0.1, 0.15) is 47.9 Å². The van der Waals surface area contributed by atoms with Crippen molar-refractivity contribution in [1.29, 1.82) is 0 Å². The van der Waals surface area contributed by atoms with E-state index in [1.807, 2.05) is 11.3 Å². The molecule has 0 aliphatic rings. The summed E-state index contributed by atoms with van der Waals surface area (Å²) in [6.45, 7) is 4.62. The van der Waals surface area contributed by atoms with Crippen molar-refractivity contribution in [2.24, 2.45) is 0 Å². The molecule has 5 aromatic rings. The van der Waals surface area contributed by atoms with E-state index in [0.29, 0.717) is 11.8 Å². The van der Waals surface area contributed by atoms with Gasteiger partial charge in [-0.3, -0.25) is 0 Å². The second-order valence-corrected chi connectivity index (χ2v) is 10.0. The summed E-state index contributed by atoms with van der Waals surface area (Å²) in [7, 11) is 0.